The Morgan fingerprint density at radius 1 is 1.00 bits per heavy atom. The molecule has 19 heavy (non-hydrogen) atoms. The van der Waals surface area contributed by atoms with Gasteiger partial charge in [-0.25, -0.2) is 0 Å². The van der Waals surface area contributed by atoms with Crippen molar-refractivity contribution in [2.24, 2.45) is 0 Å². The first-order valence-corrected chi connectivity index (χ1v) is 6.67. The number of hydrogen-bond acceptors (Lipinski definition) is 2. The molecule has 0 aliphatic rings. The lowest BCUT2D eigenvalue weighted by atomic mass is 10.0. The number of halogens is 2. The normalized spacial score (nSPS) is 10.5. The van der Waals surface area contributed by atoms with Crippen molar-refractivity contribution in [3.8, 4) is 16.9 Å². The van der Waals surface area contributed by atoms with Gasteiger partial charge in [-0.3, -0.25) is 0 Å². The Bertz CT molecular complexity index is 564. The van der Waals surface area contributed by atoms with Crippen molar-refractivity contribution in [3.05, 3.63) is 52.0 Å². The van der Waals surface area contributed by atoms with E-state index < -0.39 is 0 Å². The molecule has 0 saturated heterocycles. The van der Waals surface area contributed by atoms with Gasteiger partial charge >= 0.3 is 0 Å². The zero-order valence-corrected chi connectivity index (χ0v) is 12.3. The maximum atomic E-state index is 6.04. The van der Waals surface area contributed by atoms with E-state index in [0.717, 1.165) is 29.0 Å². The summed E-state index contributed by atoms with van der Waals surface area (Å²) in [6.45, 7) is 0.741. The second kappa shape index (κ2) is 6.29. The number of benzene rings is 2. The lowest BCUT2D eigenvalue weighted by Gasteiger charge is -2.11. The summed E-state index contributed by atoms with van der Waals surface area (Å²) in [4.78, 5) is 0. The topological polar surface area (TPSA) is 21.3 Å². The third kappa shape index (κ3) is 3.41. The van der Waals surface area contributed by atoms with E-state index in [1.165, 1.54) is 0 Å². The fraction of sp³-hybridized carbons (Fsp3) is 0.200. The molecule has 0 aliphatic heterocycles. The zero-order chi connectivity index (χ0) is 13.8. The quantitative estimate of drug-likeness (QED) is 0.903. The predicted molar refractivity (Wildman–Crippen MR) is 81.2 cm³/mol. The highest BCUT2D eigenvalue weighted by Gasteiger charge is 2.07. The Kier molecular flexibility index (Phi) is 4.70. The van der Waals surface area contributed by atoms with Gasteiger partial charge in [-0.05, 0) is 48.5 Å². The monoisotopic (exact) mass is 295 g/mol. The van der Waals surface area contributed by atoms with Crippen LogP contribution in [0.2, 0.25) is 10.0 Å². The van der Waals surface area contributed by atoms with Crippen molar-refractivity contribution < 1.29 is 4.74 Å². The van der Waals surface area contributed by atoms with Crippen LogP contribution in [0.25, 0.3) is 11.1 Å². The molecule has 1 N–H and O–H groups in total. The lowest BCUT2D eigenvalue weighted by Crippen LogP contribution is -2.06. The fourth-order valence-electron chi connectivity index (χ4n) is 2.01. The maximum absolute atomic E-state index is 6.04. The zero-order valence-electron chi connectivity index (χ0n) is 10.8. The summed E-state index contributed by atoms with van der Waals surface area (Å²) in [7, 11) is 3.58. The third-order valence-electron chi connectivity index (χ3n) is 2.84. The van der Waals surface area contributed by atoms with Crippen molar-refractivity contribution in [1.29, 1.82) is 0 Å². The van der Waals surface area contributed by atoms with E-state index in [2.05, 4.69) is 11.4 Å². The molecule has 0 aliphatic carbocycles. The van der Waals surface area contributed by atoms with Crippen LogP contribution in [-0.4, -0.2) is 14.2 Å². The Morgan fingerprint density at radius 3 is 2.26 bits per heavy atom. The first-order valence-electron chi connectivity index (χ1n) is 5.92. The summed E-state index contributed by atoms with van der Waals surface area (Å²) in [6.07, 6.45) is 0. The molecular formula is C15H15Cl2NO. The Hall–Kier alpha value is -1.22. The van der Waals surface area contributed by atoms with Crippen LogP contribution in [0.4, 0.5) is 0 Å². The largest absolute Gasteiger partial charge is 0.496 e. The highest BCUT2D eigenvalue weighted by atomic mass is 35.5. The molecule has 0 heterocycles. The summed E-state index contributed by atoms with van der Waals surface area (Å²) < 4.78 is 5.34. The predicted octanol–water partition coefficient (Wildman–Crippen LogP) is 4.39. The summed E-state index contributed by atoms with van der Waals surface area (Å²) in [6, 6.07) is 11.6. The molecule has 2 nitrogen and oxygen atoms in total. The number of methoxy groups -OCH3 is 1. The molecule has 2 aromatic rings. The minimum Gasteiger partial charge on any atom is -0.496 e. The molecule has 0 amide bonds. The molecule has 0 atom stereocenters. The lowest BCUT2D eigenvalue weighted by molar-refractivity contribution is 0.408. The molecule has 0 unspecified atom stereocenters. The van der Waals surface area contributed by atoms with Crippen molar-refractivity contribution in [3.63, 3.8) is 0 Å². The van der Waals surface area contributed by atoms with Gasteiger partial charge in [0.25, 0.3) is 0 Å². The fourth-order valence-corrected chi connectivity index (χ4v) is 2.53. The van der Waals surface area contributed by atoms with Gasteiger partial charge in [-0.15, -0.1) is 0 Å². The van der Waals surface area contributed by atoms with E-state index in [1.807, 2.05) is 31.3 Å². The van der Waals surface area contributed by atoms with Crippen LogP contribution in [0, 0.1) is 0 Å². The standard InChI is InChI=1S/C15H15Cl2NO/c1-18-9-12-5-10(3-4-15(12)19-2)11-6-13(16)8-14(17)7-11/h3-8,18H,9H2,1-2H3. The van der Waals surface area contributed by atoms with Crippen LogP contribution in [-0.2, 0) is 6.54 Å². The van der Waals surface area contributed by atoms with Gasteiger partial charge in [0.1, 0.15) is 5.75 Å². The first kappa shape index (κ1) is 14.2. The molecule has 0 saturated carbocycles. The number of hydrogen-bond donors (Lipinski definition) is 1. The van der Waals surface area contributed by atoms with Crippen LogP contribution < -0.4 is 10.1 Å². The van der Waals surface area contributed by atoms with Crippen molar-refractivity contribution in [2.45, 2.75) is 6.54 Å². The third-order valence-corrected chi connectivity index (χ3v) is 3.28. The van der Waals surface area contributed by atoms with Gasteiger partial charge in [-0.2, -0.15) is 0 Å². The van der Waals surface area contributed by atoms with Crippen LogP contribution in [0.5, 0.6) is 5.75 Å². The van der Waals surface area contributed by atoms with Crippen molar-refractivity contribution >= 4 is 23.2 Å². The smallest absolute Gasteiger partial charge is 0.123 e. The van der Waals surface area contributed by atoms with Gasteiger partial charge < -0.3 is 10.1 Å². The van der Waals surface area contributed by atoms with Crippen molar-refractivity contribution in [1.82, 2.24) is 5.32 Å². The van der Waals surface area contributed by atoms with E-state index >= 15 is 0 Å². The second-order valence-corrected chi connectivity index (χ2v) is 5.09. The minimum absolute atomic E-state index is 0.633. The molecule has 4 heteroatoms. The average molecular weight is 296 g/mol. The molecule has 0 fully saturated rings. The maximum Gasteiger partial charge on any atom is 0.123 e. The van der Waals surface area contributed by atoms with Gasteiger partial charge in [0.05, 0.1) is 7.11 Å². The van der Waals surface area contributed by atoms with Gasteiger partial charge in [0.2, 0.25) is 0 Å². The molecule has 0 spiro atoms. The average Bonchev–Trinajstić information content (AvgIpc) is 2.38. The second-order valence-electron chi connectivity index (χ2n) is 4.22. The summed E-state index contributed by atoms with van der Waals surface area (Å²) >= 11 is 12.1. The Labute approximate surface area is 123 Å². The Morgan fingerprint density at radius 2 is 1.68 bits per heavy atom. The highest BCUT2D eigenvalue weighted by molar-refractivity contribution is 6.35. The molecule has 100 valence electrons. The van der Waals surface area contributed by atoms with Crippen LogP contribution in [0.1, 0.15) is 5.56 Å². The number of nitrogens with one attached hydrogen (secondary N) is 1. The van der Waals surface area contributed by atoms with Crippen LogP contribution in [0.15, 0.2) is 36.4 Å². The molecule has 0 radical (unpaired) electrons. The Balaban J connectivity index is 2.47. The highest BCUT2D eigenvalue weighted by Crippen LogP contribution is 2.30. The number of ether oxygens (including phenoxy) is 1. The molecule has 0 aromatic heterocycles. The van der Waals surface area contributed by atoms with Crippen molar-refractivity contribution in [2.75, 3.05) is 14.2 Å². The summed E-state index contributed by atoms with van der Waals surface area (Å²) in [5.74, 6) is 0.867. The van der Waals surface area contributed by atoms with E-state index in [4.69, 9.17) is 27.9 Å². The minimum atomic E-state index is 0.633. The van der Waals surface area contributed by atoms with E-state index in [1.54, 1.807) is 13.2 Å². The van der Waals surface area contributed by atoms with Gasteiger partial charge in [-0.1, -0.05) is 29.3 Å². The first-order chi connectivity index (χ1) is 9.13. The van der Waals surface area contributed by atoms with E-state index in [-0.39, 0.29) is 0 Å². The molecule has 0 bridgehead atoms. The number of rotatable bonds is 4. The van der Waals surface area contributed by atoms with E-state index in [0.29, 0.717) is 10.0 Å². The summed E-state index contributed by atoms with van der Waals surface area (Å²) in [5.41, 5.74) is 3.16. The van der Waals surface area contributed by atoms with Crippen LogP contribution >= 0.6 is 23.2 Å². The van der Waals surface area contributed by atoms with Gasteiger partial charge in [0, 0.05) is 22.2 Å². The molecule has 2 rings (SSSR count). The van der Waals surface area contributed by atoms with E-state index in [9.17, 15) is 0 Å². The molecule has 2 aromatic carbocycles. The van der Waals surface area contributed by atoms with Crippen LogP contribution in [0.3, 0.4) is 0 Å². The molecular weight excluding hydrogens is 281 g/mol. The summed E-state index contributed by atoms with van der Waals surface area (Å²) in [5, 5.41) is 4.39. The SMILES string of the molecule is CNCc1cc(-c2cc(Cl)cc(Cl)c2)ccc1OC. The van der Waals surface area contributed by atoms with Gasteiger partial charge in [0.15, 0.2) is 0 Å².